The summed E-state index contributed by atoms with van der Waals surface area (Å²) < 4.78 is 27.3. The number of carbonyl (C=O) groups excluding carboxylic acids is 1. The second-order valence-electron chi connectivity index (χ2n) is 3.37. The Hall–Kier alpha value is -1.75. The molecule has 0 saturated heterocycles. The zero-order chi connectivity index (χ0) is 12.3. The first kappa shape index (κ1) is 11.7. The van der Waals surface area contributed by atoms with E-state index in [0.29, 0.717) is 5.69 Å². The number of amides is 1. The van der Waals surface area contributed by atoms with Gasteiger partial charge in [0.1, 0.15) is 0 Å². The standard InChI is InChI=1S/C12H9F2NOS/c13-12(14,10-7-4-8-17-10)11(16)15-9-5-2-1-3-6-9/h1-8H,(H,15,16). The van der Waals surface area contributed by atoms with E-state index in [1.807, 2.05) is 0 Å². The summed E-state index contributed by atoms with van der Waals surface area (Å²) in [5.41, 5.74) is 0.355. The fraction of sp³-hybridized carbons (Fsp3) is 0.0833. The monoisotopic (exact) mass is 253 g/mol. The van der Waals surface area contributed by atoms with Gasteiger partial charge in [0, 0.05) is 5.69 Å². The molecule has 1 aromatic carbocycles. The Morgan fingerprint density at radius 2 is 1.82 bits per heavy atom. The Kier molecular flexibility index (Phi) is 3.19. The van der Waals surface area contributed by atoms with Crippen molar-refractivity contribution < 1.29 is 13.6 Å². The van der Waals surface area contributed by atoms with E-state index in [4.69, 9.17) is 0 Å². The van der Waals surface area contributed by atoms with Gasteiger partial charge < -0.3 is 5.32 Å². The van der Waals surface area contributed by atoms with Crippen LogP contribution in [-0.4, -0.2) is 5.91 Å². The first-order valence-electron chi connectivity index (χ1n) is 4.89. The molecule has 0 unspecified atom stereocenters. The Labute approximate surface area is 101 Å². The lowest BCUT2D eigenvalue weighted by Crippen LogP contribution is -2.31. The van der Waals surface area contributed by atoms with E-state index >= 15 is 0 Å². The van der Waals surface area contributed by atoms with Crippen LogP contribution in [0.15, 0.2) is 47.8 Å². The van der Waals surface area contributed by atoms with Gasteiger partial charge in [-0.15, -0.1) is 11.3 Å². The molecule has 1 N–H and O–H groups in total. The van der Waals surface area contributed by atoms with E-state index in [1.165, 1.54) is 17.5 Å². The largest absolute Gasteiger partial charge is 0.358 e. The van der Waals surface area contributed by atoms with Crippen molar-refractivity contribution in [2.45, 2.75) is 5.92 Å². The van der Waals surface area contributed by atoms with E-state index < -0.39 is 11.8 Å². The fourth-order valence-corrected chi connectivity index (χ4v) is 2.00. The number of benzene rings is 1. The van der Waals surface area contributed by atoms with Gasteiger partial charge in [0.2, 0.25) is 0 Å². The number of halogens is 2. The van der Waals surface area contributed by atoms with Crippen LogP contribution in [-0.2, 0) is 10.7 Å². The Morgan fingerprint density at radius 1 is 1.12 bits per heavy atom. The van der Waals surface area contributed by atoms with Gasteiger partial charge in [-0.3, -0.25) is 4.79 Å². The molecular weight excluding hydrogens is 244 g/mol. The average molecular weight is 253 g/mol. The van der Waals surface area contributed by atoms with E-state index in [-0.39, 0.29) is 4.88 Å². The lowest BCUT2D eigenvalue weighted by molar-refractivity contribution is -0.140. The van der Waals surface area contributed by atoms with Crippen molar-refractivity contribution in [3.63, 3.8) is 0 Å². The molecule has 1 amide bonds. The highest BCUT2D eigenvalue weighted by Gasteiger charge is 2.41. The van der Waals surface area contributed by atoms with Crippen LogP contribution in [0.2, 0.25) is 0 Å². The highest BCUT2D eigenvalue weighted by molar-refractivity contribution is 7.10. The third kappa shape index (κ3) is 2.50. The predicted molar refractivity (Wildman–Crippen MR) is 63.3 cm³/mol. The van der Waals surface area contributed by atoms with Gasteiger partial charge in [-0.25, -0.2) is 0 Å². The van der Waals surface area contributed by atoms with Crippen molar-refractivity contribution >= 4 is 22.9 Å². The highest BCUT2D eigenvalue weighted by atomic mass is 32.1. The maximum Gasteiger partial charge on any atom is 0.358 e. The summed E-state index contributed by atoms with van der Waals surface area (Å²) in [5, 5.41) is 3.70. The molecule has 2 rings (SSSR count). The van der Waals surface area contributed by atoms with Crippen LogP contribution in [0.4, 0.5) is 14.5 Å². The van der Waals surface area contributed by atoms with E-state index in [9.17, 15) is 13.6 Å². The smallest absolute Gasteiger partial charge is 0.321 e. The minimum atomic E-state index is -3.50. The number of nitrogens with one attached hydrogen (secondary N) is 1. The molecule has 17 heavy (non-hydrogen) atoms. The van der Waals surface area contributed by atoms with Crippen LogP contribution < -0.4 is 5.32 Å². The number of anilines is 1. The third-order valence-electron chi connectivity index (χ3n) is 2.15. The first-order chi connectivity index (χ1) is 8.10. The zero-order valence-corrected chi connectivity index (χ0v) is 9.51. The molecule has 0 aliphatic carbocycles. The SMILES string of the molecule is O=C(Nc1ccccc1)C(F)(F)c1cccs1. The molecule has 88 valence electrons. The number of carbonyl (C=O) groups is 1. The van der Waals surface area contributed by atoms with Crippen LogP contribution in [0.25, 0.3) is 0 Å². The van der Waals surface area contributed by atoms with Crippen molar-refractivity contribution in [3.05, 3.63) is 52.7 Å². The van der Waals surface area contributed by atoms with Crippen LogP contribution in [0.3, 0.4) is 0 Å². The lowest BCUT2D eigenvalue weighted by Gasteiger charge is -2.14. The number of hydrogen-bond acceptors (Lipinski definition) is 2. The molecule has 0 fully saturated rings. The zero-order valence-electron chi connectivity index (χ0n) is 8.69. The van der Waals surface area contributed by atoms with E-state index in [0.717, 1.165) is 11.3 Å². The Balaban J connectivity index is 2.16. The molecule has 0 spiro atoms. The van der Waals surface area contributed by atoms with Gasteiger partial charge in [-0.1, -0.05) is 24.3 Å². The molecule has 0 bridgehead atoms. The minimum Gasteiger partial charge on any atom is -0.321 e. The summed E-state index contributed by atoms with van der Waals surface area (Å²) in [6, 6.07) is 10.9. The number of rotatable bonds is 3. The molecule has 1 aromatic heterocycles. The number of alkyl halides is 2. The van der Waals surface area contributed by atoms with E-state index in [2.05, 4.69) is 5.32 Å². The molecule has 5 heteroatoms. The summed E-state index contributed by atoms with van der Waals surface area (Å²) in [5.74, 6) is -4.81. The van der Waals surface area contributed by atoms with Gasteiger partial charge in [-0.2, -0.15) is 8.78 Å². The summed E-state index contributed by atoms with van der Waals surface area (Å²) >= 11 is 0.858. The quantitative estimate of drug-likeness (QED) is 0.891. The Morgan fingerprint density at radius 3 is 2.41 bits per heavy atom. The molecule has 0 atom stereocenters. The number of hydrogen-bond donors (Lipinski definition) is 1. The second kappa shape index (κ2) is 4.63. The predicted octanol–water partition coefficient (Wildman–Crippen LogP) is 3.48. The van der Waals surface area contributed by atoms with Crippen LogP contribution >= 0.6 is 11.3 Å². The first-order valence-corrected chi connectivity index (χ1v) is 5.77. The Bertz CT molecular complexity index is 496. The van der Waals surface area contributed by atoms with Gasteiger partial charge in [0.15, 0.2) is 0 Å². The fourth-order valence-electron chi connectivity index (χ4n) is 1.30. The average Bonchev–Trinajstić information content (AvgIpc) is 2.84. The molecule has 2 nitrogen and oxygen atoms in total. The highest BCUT2D eigenvalue weighted by Crippen LogP contribution is 2.32. The molecule has 1 heterocycles. The van der Waals surface area contributed by atoms with Crippen LogP contribution in [0, 0.1) is 0 Å². The summed E-state index contributed by atoms with van der Waals surface area (Å²) in [7, 11) is 0. The van der Waals surface area contributed by atoms with Crippen molar-refractivity contribution in [2.75, 3.05) is 5.32 Å². The topological polar surface area (TPSA) is 29.1 Å². The number of thiophene rings is 1. The summed E-state index contributed by atoms with van der Waals surface area (Å²) in [6.07, 6.45) is 0. The van der Waals surface area contributed by atoms with Gasteiger partial charge in [0.05, 0.1) is 4.88 Å². The molecule has 0 aliphatic rings. The van der Waals surface area contributed by atoms with Crippen molar-refractivity contribution in [3.8, 4) is 0 Å². The molecule has 0 radical (unpaired) electrons. The van der Waals surface area contributed by atoms with Crippen molar-refractivity contribution in [2.24, 2.45) is 0 Å². The molecule has 2 aromatic rings. The van der Waals surface area contributed by atoms with Gasteiger partial charge in [-0.05, 0) is 23.6 Å². The lowest BCUT2D eigenvalue weighted by atomic mass is 10.2. The normalized spacial score (nSPS) is 11.2. The maximum atomic E-state index is 13.7. The number of para-hydroxylation sites is 1. The second-order valence-corrected chi connectivity index (χ2v) is 4.32. The van der Waals surface area contributed by atoms with Crippen molar-refractivity contribution in [1.29, 1.82) is 0 Å². The van der Waals surface area contributed by atoms with Gasteiger partial charge >= 0.3 is 11.8 Å². The van der Waals surface area contributed by atoms with Crippen molar-refractivity contribution in [1.82, 2.24) is 0 Å². The molecular formula is C12H9F2NOS. The summed E-state index contributed by atoms with van der Waals surface area (Å²) in [4.78, 5) is 11.2. The molecule has 0 saturated carbocycles. The van der Waals surface area contributed by atoms with E-state index in [1.54, 1.807) is 30.3 Å². The minimum absolute atomic E-state index is 0.258. The van der Waals surface area contributed by atoms with Gasteiger partial charge in [0.25, 0.3) is 0 Å². The van der Waals surface area contributed by atoms with Crippen LogP contribution in [0.5, 0.6) is 0 Å². The third-order valence-corrected chi connectivity index (χ3v) is 3.09. The maximum absolute atomic E-state index is 13.7. The van der Waals surface area contributed by atoms with Crippen LogP contribution in [0.1, 0.15) is 4.88 Å². The summed E-state index contributed by atoms with van der Waals surface area (Å²) in [6.45, 7) is 0. The molecule has 0 aliphatic heterocycles.